The molecule has 80 valence electrons. The topological polar surface area (TPSA) is 54.4 Å². The molecule has 0 aromatic carbocycles. The van der Waals surface area contributed by atoms with Gasteiger partial charge in [-0.1, -0.05) is 13.8 Å². The van der Waals surface area contributed by atoms with Gasteiger partial charge in [0.25, 0.3) is 10.1 Å². The highest BCUT2D eigenvalue weighted by atomic mass is 32.2. The standard InChI is InChI=1S/C8H19NO3S/c1-8(2)7-9(3,4)5-6-13(10,11)12/h8H,5-7H2,1-4H3/p+1. The van der Waals surface area contributed by atoms with Crippen molar-refractivity contribution >= 4 is 10.1 Å². The van der Waals surface area contributed by atoms with E-state index >= 15 is 0 Å². The van der Waals surface area contributed by atoms with Crippen molar-refractivity contribution in [3.63, 3.8) is 0 Å². The Labute approximate surface area is 80.9 Å². The molecule has 0 atom stereocenters. The molecule has 0 rings (SSSR count). The van der Waals surface area contributed by atoms with Crippen LogP contribution in [0.5, 0.6) is 0 Å². The maximum Gasteiger partial charge on any atom is 0.270 e. The van der Waals surface area contributed by atoms with Gasteiger partial charge >= 0.3 is 0 Å². The molecule has 0 fully saturated rings. The van der Waals surface area contributed by atoms with E-state index in [1.54, 1.807) is 0 Å². The quantitative estimate of drug-likeness (QED) is 0.534. The van der Waals surface area contributed by atoms with Gasteiger partial charge in [0.1, 0.15) is 5.75 Å². The minimum atomic E-state index is -3.81. The first-order valence-electron chi connectivity index (χ1n) is 4.39. The summed E-state index contributed by atoms with van der Waals surface area (Å²) in [5.74, 6) is 0.364. The highest BCUT2D eigenvalue weighted by molar-refractivity contribution is 7.85. The summed E-state index contributed by atoms with van der Waals surface area (Å²) in [7, 11) is 0.118. The van der Waals surface area contributed by atoms with Crippen LogP contribution in [0.4, 0.5) is 0 Å². The Balaban J connectivity index is 4.04. The van der Waals surface area contributed by atoms with Gasteiger partial charge in [-0.3, -0.25) is 4.55 Å². The molecule has 5 heteroatoms. The van der Waals surface area contributed by atoms with E-state index in [1.807, 2.05) is 14.1 Å². The molecule has 13 heavy (non-hydrogen) atoms. The molecule has 1 N–H and O–H groups in total. The summed E-state index contributed by atoms with van der Waals surface area (Å²) in [6, 6.07) is 0. The molecule has 0 amide bonds. The fourth-order valence-corrected chi connectivity index (χ4v) is 2.17. The van der Waals surface area contributed by atoms with Gasteiger partial charge in [0.15, 0.2) is 0 Å². The first kappa shape index (κ1) is 12.9. The molecule has 0 aromatic rings. The molecular weight excluding hydrogens is 190 g/mol. The van der Waals surface area contributed by atoms with Gasteiger partial charge in [-0.05, 0) is 0 Å². The second-order valence-electron chi connectivity index (χ2n) is 4.52. The summed E-state index contributed by atoms with van der Waals surface area (Å²) in [5, 5.41) is 0. The minimum absolute atomic E-state index is 0.160. The minimum Gasteiger partial charge on any atom is -0.327 e. The van der Waals surface area contributed by atoms with E-state index in [2.05, 4.69) is 13.8 Å². The second-order valence-corrected chi connectivity index (χ2v) is 6.09. The van der Waals surface area contributed by atoms with Crippen LogP contribution in [0.2, 0.25) is 0 Å². The van der Waals surface area contributed by atoms with Gasteiger partial charge in [0, 0.05) is 5.92 Å². The number of hydrogen-bond donors (Lipinski definition) is 1. The Morgan fingerprint density at radius 2 is 1.77 bits per heavy atom. The van der Waals surface area contributed by atoms with Crippen molar-refractivity contribution in [1.82, 2.24) is 0 Å². The molecule has 0 saturated heterocycles. The van der Waals surface area contributed by atoms with Crippen molar-refractivity contribution in [1.29, 1.82) is 0 Å². The maximum atomic E-state index is 10.5. The number of quaternary nitrogens is 1. The largest absolute Gasteiger partial charge is 0.327 e. The average Bonchev–Trinajstić information content (AvgIpc) is 1.79. The smallest absolute Gasteiger partial charge is 0.270 e. The van der Waals surface area contributed by atoms with Crippen LogP contribution >= 0.6 is 0 Å². The third-order valence-corrected chi connectivity index (χ3v) is 2.51. The average molecular weight is 210 g/mol. The summed E-state index contributed by atoms with van der Waals surface area (Å²) in [4.78, 5) is 0. The Morgan fingerprint density at radius 3 is 2.08 bits per heavy atom. The molecule has 0 bridgehead atoms. The van der Waals surface area contributed by atoms with Gasteiger partial charge in [-0.25, -0.2) is 0 Å². The van der Waals surface area contributed by atoms with Gasteiger partial charge in [-0.15, -0.1) is 0 Å². The van der Waals surface area contributed by atoms with Gasteiger partial charge in [0.05, 0.1) is 27.2 Å². The number of hydrogen-bond acceptors (Lipinski definition) is 2. The Kier molecular flexibility index (Phi) is 4.35. The third-order valence-electron chi connectivity index (χ3n) is 1.81. The zero-order valence-corrected chi connectivity index (χ0v) is 9.63. The fraction of sp³-hybridized carbons (Fsp3) is 1.00. The van der Waals surface area contributed by atoms with Gasteiger partial charge in [0.2, 0.25) is 0 Å². The van der Waals surface area contributed by atoms with Crippen LogP contribution in [0.25, 0.3) is 0 Å². The van der Waals surface area contributed by atoms with Crippen molar-refractivity contribution < 1.29 is 17.5 Å². The molecule has 0 heterocycles. The summed E-state index contributed by atoms with van der Waals surface area (Å²) in [6.45, 7) is 5.55. The third kappa shape index (κ3) is 8.21. The Morgan fingerprint density at radius 1 is 1.31 bits per heavy atom. The van der Waals surface area contributed by atoms with Crippen LogP contribution in [-0.4, -0.2) is 50.4 Å². The molecule has 0 unspecified atom stereocenters. The lowest BCUT2D eigenvalue weighted by molar-refractivity contribution is -0.890. The highest BCUT2D eigenvalue weighted by Crippen LogP contribution is 2.04. The zero-order chi connectivity index (χ0) is 10.7. The van der Waals surface area contributed by atoms with Crippen molar-refractivity contribution in [3.05, 3.63) is 0 Å². The van der Waals surface area contributed by atoms with Crippen molar-refractivity contribution in [3.8, 4) is 0 Å². The lowest BCUT2D eigenvalue weighted by Gasteiger charge is -2.30. The second kappa shape index (κ2) is 4.39. The van der Waals surface area contributed by atoms with E-state index in [0.29, 0.717) is 16.9 Å². The van der Waals surface area contributed by atoms with Crippen molar-refractivity contribution in [2.75, 3.05) is 32.9 Å². The predicted octanol–water partition coefficient (Wildman–Crippen LogP) is 0.607. The summed E-state index contributed by atoms with van der Waals surface area (Å²) < 4.78 is 30.2. The summed E-state index contributed by atoms with van der Waals surface area (Å²) in [5.41, 5.74) is 0. The molecule has 0 aliphatic rings. The Bertz CT molecular complexity index is 244. The molecule has 0 aromatic heterocycles. The normalized spacial score (nSPS) is 13.7. The van der Waals surface area contributed by atoms with E-state index < -0.39 is 10.1 Å². The van der Waals surface area contributed by atoms with Crippen molar-refractivity contribution in [2.45, 2.75) is 13.8 Å². The SMILES string of the molecule is CC(C)C[N+](C)(C)CCS(=O)(=O)O. The monoisotopic (exact) mass is 210 g/mol. The predicted molar refractivity (Wildman–Crippen MR) is 53.1 cm³/mol. The fourth-order valence-electron chi connectivity index (χ4n) is 1.44. The molecule has 0 radical (unpaired) electrons. The van der Waals surface area contributed by atoms with Crippen molar-refractivity contribution in [2.24, 2.45) is 5.92 Å². The van der Waals surface area contributed by atoms with E-state index in [-0.39, 0.29) is 5.75 Å². The number of rotatable bonds is 5. The lowest BCUT2D eigenvalue weighted by Crippen LogP contribution is -2.45. The van der Waals surface area contributed by atoms with Crippen LogP contribution in [0.1, 0.15) is 13.8 Å². The van der Waals surface area contributed by atoms with E-state index in [1.165, 1.54) is 0 Å². The van der Waals surface area contributed by atoms with E-state index in [4.69, 9.17) is 4.55 Å². The van der Waals surface area contributed by atoms with E-state index in [9.17, 15) is 8.42 Å². The lowest BCUT2D eigenvalue weighted by atomic mass is 10.2. The first-order valence-corrected chi connectivity index (χ1v) is 6.00. The van der Waals surface area contributed by atoms with Crippen LogP contribution in [0.3, 0.4) is 0 Å². The van der Waals surface area contributed by atoms with Crippen LogP contribution in [0, 0.1) is 5.92 Å². The molecule has 0 aliphatic heterocycles. The molecule has 0 spiro atoms. The van der Waals surface area contributed by atoms with Crippen LogP contribution in [0.15, 0.2) is 0 Å². The zero-order valence-electron chi connectivity index (χ0n) is 8.82. The number of nitrogens with zero attached hydrogens (tertiary/aromatic N) is 1. The van der Waals surface area contributed by atoms with Crippen LogP contribution in [-0.2, 0) is 10.1 Å². The molecular formula is C8H20NO3S+. The summed E-state index contributed by atoms with van der Waals surface area (Å²) >= 11 is 0. The summed E-state index contributed by atoms with van der Waals surface area (Å²) in [6.07, 6.45) is 0. The highest BCUT2D eigenvalue weighted by Gasteiger charge is 2.19. The van der Waals surface area contributed by atoms with E-state index in [0.717, 1.165) is 6.54 Å². The molecule has 0 saturated carbocycles. The Hall–Kier alpha value is -0.130. The van der Waals surface area contributed by atoms with Gasteiger partial charge < -0.3 is 4.48 Å². The maximum absolute atomic E-state index is 10.5. The van der Waals surface area contributed by atoms with Crippen LogP contribution < -0.4 is 0 Å². The van der Waals surface area contributed by atoms with Gasteiger partial charge in [-0.2, -0.15) is 8.42 Å². The molecule has 0 aliphatic carbocycles. The molecule has 4 nitrogen and oxygen atoms in total. The first-order chi connectivity index (χ1) is 5.62.